The van der Waals surface area contributed by atoms with E-state index in [4.69, 9.17) is 0 Å². The Morgan fingerprint density at radius 3 is 2.32 bits per heavy atom. The molecule has 2 aromatic carbocycles. The Balaban J connectivity index is 1.23. The first-order valence-electron chi connectivity index (χ1n) is 10.1. The van der Waals surface area contributed by atoms with Crippen LogP contribution in [0.1, 0.15) is 25.9 Å². The number of piperazine rings is 1. The second-order valence-corrected chi connectivity index (χ2v) is 8.52. The number of amides is 1. The third kappa shape index (κ3) is 5.90. The van der Waals surface area contributed by atoms with E-state index in [9.17, 15) is 13.6 Å². The first kappa shape index (κ1) is 21.5. The van der Waals surface area contributed by atoms with Crippen molar-refractivity contribution in [1.82, 2.24) is 25.3 Å². The zero-order valence-corrected chi connectivity index (χ0v) is 17.7. The molecule has 2 heterocycles. The minimum absolute atomic E-state index is 0.163. The molecule has 31 heavy (non-hydrogen) atoms. The molecule has 6 nitrogen and oxygen atoms in total. The van der Waals surface area contributed by atoms with Gasteiger partial charge in [-0.3, -0.25) is 14.6 Å². The molecule has 3 aromatic rings. The quantitative estimate of drug-likeness (QED) is 0.608. The topological polar surface area (TPSA) is 61.4 Å². The second-order valence-electron chi connectivity index (χ2n) is 7.45. The van der Waals surface area contributed by atoms with Gasteiger partial charge in [-0.25, -0.2) is 8.78 Å². The van der Waals surface area contributed by atoms with Gasteiger partial charge >= 0.3 is 0 Å². The Bertz CT molecular complexity index is 1020. The van der Waals surface area contributed by atoms with E-state index in [2.05, 4.69) is 25.3 Å². The smallest absolute Gasteiger partial charge is 0.282 e. The number of carbonyl (C=O) groups is 1. The zero-order valence-electron chi connectivity index (χ0n) is 16.9. The van der Waals surface area contributed by atoms with Crippen LogP contribution in [0.5, 0.6) is 0 Å². The number of hydrogen-bond donors (Lipinski definition) is 1. The third-order valence-corrected chi connectivity index (χ3v) is 6.11. The number of nitrogens with zero attached hydrogens (tertiary/aromatic N) is 4. The van der Waals surface area contributed by atoms with Gasteiger partial charge in [0.1, 0.15) is 16.6 Å². The molecule has 0 unspecified atom stereocenters. The number of nitrogens with one attached hydrogen (secondary N) is 1. The van der Waals surface area contributed by atoms with Gasteiger partial charge in [0.05, 0.1) is 6.54 Å². The summed E-state index contributed by atoms with van der Waals surface area (Å²) < 4.78 is 26.8. The molecule has 1 aromatic heterocycles. The SMILES string of the molecule is O=C(NCc1ccc(F)cc1)c1nnc(CN2CCN(Cc3ccccc3F)CC2)s1. The first-order valence-corrected chi connectivity index (χ1v) is 10.9. The zero-order chi connectivity index (χ0) is 21.6. The highest BCUT2D eigenvalue weighted by atomic mass is 32.1. The maximum absolute atomic E-state index is 13.8. The van der Waals surface area contributed by atoms with Gasteiger partial charge in [-0.2, -0.15) is 0 Å². The summed E-state index contributed by atoms with van der Waals surface area (Å²) in [6.45, 7) is 4.93. The summed E-state index contributed by atoms with van der Waals surface area (Å²) in [5.41, 5.74) is 1.53. The fourth-order valence-corrected chi connectivity index (χ4v) is 4.23. The lowest BCUT2D eigenvalue weighted by Gasteiger charge is -2.34. The van der Waals surface area contributed by atoms with Crippen molar-refractivity contribution in [2.24, 2.45) is 0 Å². The Morgan fingerprint density at radius 2 is 1.61 bits per heavy atom. The Morgan fingerprint density at radius 1 is 0.935 bits per heavy atom. The molecule has 0 saturated carbocycles. The number of aromatic nitrogens is 2. The molecule has 1 fully saturated rings. The monoisotopic (exact) mass is 443 g/mol. The van der Waals surface area contributed by atoms with Gasteiger partial charge in [0, 0.05) is 44.8 Å². The maximum atomic E-state index is 13.8. The van der Waals surface area contributed by atoms with Crippen molar-refractivity contribution in [3.05, 3.63) is 81.3 Å². The highest BCUT2D eigenvalue weighted by Gasteiger charge is 2.20. The van der Waals surface area contributed by atoms with E-state index in [-0.39, 0.29) is 17.5 Å². The lowest BCUT2D eigenvalue weighted by atomic mass is 10.2. The lowest BCUT2D eigenvalue weighted by Crippen LogP contribution is -2.45. The number of hydrogen-bond acceptors (Lipinski definition) is 6. The van der Waals surface area contributed by atoms with E-state index in [1.54, 1.807) is 18.2 Å². The van der Waals surface area contributed by atoms with Crippen LogP contribution < -0.4 is 5.32 Å². The minimum Gasteiger partial charge on any atom is -0.346 e. The Labute approximate surface area is 183 Å². The lowest BCUT2D eigenvalue weighted by molar-refractivity contribution is 0.0950. The second kappa shape index (κ2) is 10.0. The molecule has 0 atom stereocenters. The summed E-state index contributed by atoms with van der Waals surface area (Å²) in [7, 11) is 0. The summed E-state index contributed by atoms with van der Waals surface area (Å²) >= 11 is 1.28. The molecule has 1 N–H and O–H groups in total. The van der Waals surface area contributed by atoms with E-state index in [0.29, 0.717) is 24.6 Å². The molecule has 0 radical (unpaired) electrons. The highest BCUT2D eigenvalue weighted by Crippen LogP contribution is 2.16. The van der Waals surface area contributed by atoms with Crippen LogP contribution in [0.15, 0.2) is 48.5 Å². The summed E-state index contributed by atoms with van der Waals surface area (Å²) in [5.74, 6) is -0.760. The van der Waals surface area contributed by atoms with Gasteiger partial charge in [0.2, 0.25) is 5.01 Å². The van der Waals surface area contributed by atoms with Gasteiger partial charge in [-0.1, -0.05) is 41.7 Å². The van der Waals surface area contributed by atoms with Crippen molar-refractivity contribution >= 4 is 17.2 Å². The van der Waals surface area contributed by atoms with Crippen molar-refractivity contribution in [2.75, 3.05) is 26.2 Å². The van der Waals surface area contributed by atoms with Crippen molar-refractivity contribution in [3.63, 3.8) is 0 Å². The molecule has 1 aliphatic rings. The molecule has 1 aliphatic heterocycles. The molecule has 162 valence electrons. The van der Waals surface area contributed by atoms with Crippen molar-refractivity contribution in [2.45, 2.75) is 19.6 Å². The minimum atomic E-state index is -0.308. The van der Waals surface area contributed by atoms with Crippen LogP contribution in [-0.2, 0) is 19.6 Å². The molecule has 1 saturated heterocycles. The average molecular weight is 444 g/mol. The van der Waals surface area contributed by atoms with Gasteiger partial charge < -0.3 is 5.32 Å². The van der Waals surface area contributed by atoms with Crippen LogP contribution in [0.3, 0.4) is 0 Å². The largest absolute Gasteiger partial charge is 0.346 e. The van der Waals surface area contributed by atoms with Crippen LogP contribution in [0.25, 0.3) is 0 Å². The van der Waals surface area contributed by atoms with E-state index in [1.165, 1.54) is 29.5 Å². The van der Waals surface area contributed by atoms with Gasteiger partial charge in [-0.15, -0.1) is 10.2 Å². The van der Waals surface area contributed by atoms with Crippen LogP contribution >= 0.6 is 11.3 Å². The van der Waals surface area contributed by atoms with Gasteiger partial charge in [-0.05, 0) is 23.8 Å². The summed E-state index contributed by atoms with van der Waals surface area (Å²) in [6.07, 6.45) is 0. The van der Waals surface area contributed by atoms with Crippen LogP contribution in [0, 0.1) is 11.6 Å². The Hall–Kier alpha value is -2.75. The van der Waals surface area contributed by atoms with Crippen LogP contribution in [-0.4, -0.2) is 52.1 Å². The summed E-state index contributed by atoms with van der Waals surface area (Å²) in [4.78, 5) is 16.8. The van der Waals surface area contributed by atoms with E-state index in [1.807, 2.05) is 12.1 Å². The molecule has 4 rings (SSSR count). The maximum Gasteiger partial charge on any atom is 0.282 e. The standard InChI is InChI=1S/C22H23F2N5OS/c23-18-7-5-16(6-8-18)13-25-21(30)22-27-26-20(31-22)15-29-11-9-28(10-12-29)14-17-3-1-2-4-19(17)24/h1-8H,9-15H2,(H,25,30). The average Bonchev–Trinajstić information content (AvgIpc) is 3.25. The first-order chi connectivity index (χ1) is 15.1. The number of rotatable bonds is 7. The van der Waals surface area contributed by atoms with Crippen molar-refractivity contribution in [3.8, 4) is 0 Å². The molecular formula is C22H23F2N5OS. The normalized spacial score (nSPS) is 15.2. The van der Waals surface area contributed by atoms with E-state index in [0.717, 1.165) is 42.3 Å². The Kier molecular flexibility index (Phi) is 6.96. The van der Waals surface area contributed by atoms with Gasteiger partial charge in [0.15, 0.2) is 0 Å². The molecule has 0 bridgehead atoms. The van der Waals surface area contributed by atoms with E-state index < -0.39 is 0 Å². The summed E-state index contributed by atoms with van der Waals surface area (Å²) in [5, 5.41) is 12.0. The highest BCUT2D eigenvalue weighted by molar-refractivity contribution is 7.13. The van der Waals surface area contributed by atoms with Crippen molar-refractivity contribution < 1.29 is 13.6 Å². The van der Waals surface area contributed by atoms with E-state index >= 15 is 0 Å². The molecule has 1 amide bonds. The predicted molar refractivity (Wildman–Crippen MR) is 114 cm³/mol. The molecule has 0 spiro atoms. The van der Waals surface area contributed by atoms with Gasteiger partial charge in [0.25, 0.3) is 5.91 Å². The predicted octanol–water partition coefficient (Wildman–Crippen LogP) is 3.06. The van der Waals surface area contributed by atoms with Crippen LogP contribution in [0.2, 0.25) is 0 Å². The number of benzene rings is 2. The number of carbonyl (C=O) groups excluding carboxylic acids is 1. The molecule has 9 heteroatoms. The number of halogens is 2. The molecular weight excluding hydrogens is 420 g/mol. The molecule has 0 aliphatic carbocycles. The fourth-order valence-electron chi connectivity index (χ4n) is 3.43. The fraction of sp³-hybridized carbons (Fsp3) is 0.318. The third-order valence-electron chi connectivity index (χ3n) is 5.20. The van der Waals surface area contributed by atoms with Crippen LogP contribution in [0.4, 0.5) is 8.78 Å². The van der Waals surface area contributed by atoms with Crippen molar-refractivity contribution in [1.29, 1.82) is 0 Å². The summed E-state index contributed by atoms with van der Waals surface area (Å²) in [6, 6.07) is 12.9.